The number of hydrogen-bond acceptors (Lipinski definition) is 3. The Morgan fingerprint density at radius 1 is 1.64 bits per heavy atom. The zero-order chi connectivity index (χ0) is 10.6. The standard InChI is InChI=1S/C10H10N2O2/c1-12-8-3-4-9(10(13)14-2)7(5-8)6-11/h3-5H,6,11H2,2H3. The average Bonchev–Trinajstić information content (AvgIpc) is 2.27. The highest BCUT2D eigenvalue weighted by Gasteiger charge is 2.10. The van der Waals surface area contributed by atoms with Crippen molar-refractivity contribution < 1.29 is 9.53 Å². The van der Waals surface area contributed by atoms with Crippen LogP contribution in [0.3, 0.4) is 0 Å². The van der Waals surface area contributed by atoms with Crippen LogP contribution in [0.2, 0.25) is 0 Å². The van der Waals surface area contributed by atoms with Gasteiger partial charge in [0.05, 0.1) is 19.2 Å². The molecule has 0 aliphatic carbocycles. The number of carbonyl (C=O) groups is 1. The molecule has 0 radical (unpaired) electrons. The van der Waals surface area contributed by atoms with Gasteiger partial charge in [-0.05, 0) is 5.56 Å². The van der Waals surface area contributed by atoms with Crippen LogP contribution in [-0.4, -0.2) is 13.1 Å². The predicted octanol–water partition coefficient (Wildman–Crippen LogP) is 1.48. The summed E-state index contributed by atoms with van der Waals surface area (Å²) in [6.07, 6.45) is 0. The van der Waals surface area contributed by atoms with Crippen LogP contribution in [0.5, 0.6) is 0 Å². The van der Waals surface area contributed by atoms with Crippen molar-refractivity contribution in [1.29, 1.82) is 0 Å². The maximum absolute atomic E-state index is 11.2. The van der Waals surface area contributed by atoms with Gasteiger partial charge in [-0.25, -0.2) is 9.64 Å². The Morgan fingerprint density at radius 2 is 2.36 bits per heavy atom. The van der Waals surface area contributed by atoms with Gasteiger partial charge in [0.2, 0.25) is 0 Å². The first-order chi connectivity index (χ1) is 6.72. The summed E-state index contributed by atoms with van der Waals surface area (Å²) in [4.78, 5) is 14.5. The second kappa shape index (κ2) is 4.40. The third-order valence-corrected chi connectivity index (χ3v) is 1.84. The molecule has 0 aliphatic heterocycles. The van der Waals surface area contributed by atoms with Gasteiger partial charge in [0.15, 0.2) is 5.69 Å². The van der Waals surface area contributed by atoms with Crippen LogP contribution in [0, 0.1) is 6.57 Å². The molecule has 2 N–H and O–H groups in total. The molecular formula is C10H10N2O2. The van der Waals surface area contributed by atoms with Crippen molar-refractivity contribution in [3.8, 4) is 0 Å². The van der Waals surface area contributed by atoms with E-state index in [0.29, 0.717) is 16.8 Å². The fourth-order valence-electron chi connectivity index (χ4n) is 1.13. The van der Waals surface area contributed by atoms with E-state index in [1.54, 1.807) is 18.2 Å². The third kappa shape index (κ3) is 1.90. The van der Waals surface area contributed by atoms with Gasteiger partial charge < -0.3 is 10.5 Å². The lowest BCUT2D eigenvalue weighted by Gasteiger charge is -2.05. The van der Waals surface area contributed by atoms with Crippen LogP contribution in [-0.2, 0) is 11.3 Å². The molecule has 0 aromatic heterocycles. The molecule has 0 saturated heterocycles. The molecule has 4 heteroatoms. The number of esters is 1. The van der Waals surface area contributed by atoms with Crippen LogP contribution in [0.1, 0.15) is 15.9 Å². The minimum absolute atomic E-state index is 0.216. The molecular weight excluding hydrogens is 180 g/mol. The molecule has 0 unspecified atom stereocenters. The van der Waals surface area contributed by atoms with Gasteiger partial charge in [0.1, 0.15) is 0 Å². The molecule has 1 aromatic rings. The number of carbonyl (C=O) groups excluding carboxylic acids is 1. The first-order valence-electron chi connectivity index (χ1n) is 4.01. The van der Waals surface area contributed by atoms with Crippen molar-refractivity contribution in [3.05, 3.63) is 40.7 Å². The lowest BCUT2D eigenvalue weighted by molar-refractivity contribution is 0.0599. The summed E-state index contributed by atoms with van der Waals surface area (Å²) in [5.41, 5.74) is 6.98. The minimum Gasteiger partial charge on any atom is -0.465 e. The van der Waals surface area contributed by atoms with Crippen LogP contribution in [0.15, 0.2) is 18.2 Å². The van der Waals surface area contributed by atoms with Crippen LogP contribution >= 0.6 is 0 Å². The molecule has 0 saturated carbocycles. The number of nitrogens with two attached hydrogens (primary N) is 1. The van der Waals surface area contributed by atoms with Gasteiger partial charge in [-0.15, -0.1) is 0 Å². The Bertz CT molecular complexity index is 394. The summed E-state index contributed by atoms with van der Waals surface area (Å²) < 4.78 is 4.58. The van der Waals surface area contributed by atoms with E-state index in [1.165, 1.54) is 7.11 Å². The summed E-state index contributed by atoms with van der Waals surface area (Å²) in [7, 11) is 1.31. The highest BCUT2D eigenvalue weighted by atomic mass is 16.5. The van der Waals surface area contributed by atoms with Crippen LogP contribution in [0.4, 0.5) is 5.69 Å². The van der Waals surface area contributed by atoms with Crippen molar-refractivity contribution in [2.75, 3.05) is 7.11 Å². The molecule has 72 valence electrons. The number of methoxy groups -OCH3 is 1. The van der Waals surface area contributed by atoms with E-state index in [0.717, 1.165) is 0 Å². The van der Waals surface area contributed by atoms with Gasteiger partial charge in [-0.3, -0.25) is 0 Å². The number of nitrogens with zero attached hydrogens (tertiary/aromatic N) is 1. The summed E-state index contributed by atoms with van der Waals surface area (Å²) in [6, 6.07) is 4.72. The number of benzene rings is 1. The van der Waals surface area contributed by atoms with Crippen molar-refractivity contribution in [3.63, 3.8) is 0 Å². The smallest absolute Gasteiger partial charge is 0.338 e. The van der Waals surface area contributed by atoms with E-state index in [4.69, 9.17) is 12.3 Å². The zero-order valence-electron chi connectivity index (χ0n) is 7.78. The maximum atomic E-state index is 11.2. The van der Waals surface area contributed by atoms with Crippen LogP contribution in [0.25, 0.3) is 4.85 Å². The summed E-state index contributed by atoms with van der Waals surface area (Å²) in [5, 5.41) is 0. The highest BCUT2D eigenvalue weighted by molar-refractivity contribution is 5.91. The monoisotopic (exact) mass is 190 g/mol. The van der Waals surface area contributed by atoms with E-state index >= 15 is 0 Å². The predicted molar refractivity (Wildman–Crippen MR) is 51.9 cm³/mol. The first-order valence-corrected chi connectivity index (χ1v) is 4.01. The Hall–Kier alpha value is -1.86. The van der Waals surface area contributed by atoms with E-state index < -0.39 is 5.97 Å². The second-order valence-corrected chi connectivity index (χ2v) is 2.65. The molecule has 1 aromatic carbocycles. The molecule has 14 heavy (non-hydrogen) atoms. The van der Waals surface area contributed by atoms with Gasteiger partial charge in [0, 0.05) is 6.54 Å². The molecule has 0 fully saturated rings. The minimum atomic E-state index is -0.429. The van der Waals surface area contributed by atoms with E-state index in [2.05, 4.69) is 9.58 Å². The highest BCUT2D eigenvalue weighted by Crippen LogP contribution is 2.18. The zero-order valence-corrected chi connectivity index (χ0v) is 7.78. The van der Waals surface area contributed by atoms with E-state index in [9.17, 15) is 4.79 Å². The van der Waals surface area contributed by atoms with Gasteiger partial charge in [-0.2, -0.15) is 0 Å². The molecule has 0 amide bonds. The van der Waals surface area contributed by atoms with E-state index in [1.807, 2.05) is 0 Å². The molecule has 0 atom stereocenters. The lowest BCUT2D eigenvalue weighted by Crippen LogP contribution is -2.08. The largest absolute Gasteiger partial charge is 0.465 e. The number of ether oxygens (including phenoxy) is 1. The van der Waals surface area contributed by atoms with Crippen molar-refractivity contribution in [1.82, 2.24) is 0 Å². The SMILES string of the molecule is [C-]#[N+]c1ccc(C(=O)OC)c(CN)c1. The molecule has 1 rings (SSSR count). The first kappa shape index (κ1) is 10.2. The topological polar surface area (TPSA) is 56.7 Å². The average molecular weight is 190 g/mol. The van der Waals surface area contributed by atoms with Gasteiger partial charge >= 0.3 is 5.97 Å². The summed E-state index contributed by atoms with van der Waals surface area (Å²) >= 11 is 0. The Balaban J connectivity index is 3.19. The van der Waals surface area contributed by atoms with E-state index in [-0.39, 0.29) is 6.54 Å². The van der Waals surface area contributed by atoms with Crippen LogP contribution < -0.4 is 5.73 Å². The quantitative estimate of drug-likeness (QED) is 0.567. The molecule has 0 spiro atoms. The fourth-order valence-corrected chi connectivity index (χ4v) is 1.13. The normalized spacial score (nSPS) is 9.21. The number of hydrogen-bond donors (Lipinski definition) is 1. The maximum Gasteiger partial charge on any atom is 0.338 e. The summed E-state index contributed by atoms with van der Waals surface area (Å²) in [5.74, 6) is -0.429. The van der Waals surface area contributed by atoms with Crippen molar-refractivity contribution in [2.24, 2.45) is 5.73 Å². The lowest BCUT2D eigenvalue weighted by atomic mass is 10.1. The van der Waals surface area contributed by atoms with Gasteiger partial charge in [-0.1, -0.05) is 18.2 Å². The molecule has 0 bridgehead atoms. The third-order valence-electron chi connectivity index (χ3n) is 1.84. The molecule has 0 aliphatic rings. The fraction of sp³-hybridized carbons (Fsp3) is 0.200. The van der Waals surface area contributed by atoms with Crippen molar-refractivity contribution in [2.45, 2.75) is 6.54 Å². The molecule has 4 nitrogen and oxygen atoms in total. The van der Waals surface area contributed by atoms with Crippen molar-refractivity contribution >= 4 is 11.7 Å². The Morgan fingerprint density at radius 3 is 2.86 bits per heavy atom. The number of rotatable bonds is 2. The second-order valence-electron chi connectivity index (χ2n) is 2.65. The van der Waals surface area contributed by atoms with Gasteiger partial charge in [0.25, 0.3) is 0 Å². The molecule has 0 heterocycles. The summed E-state index contributed by atoms with van der Waals surface area (Å²) in [6.45, 7) is 7.02. The Kier molecular flexibility index (Phi) is 3.21. The Labute approximate surface area is 82.1 Å².